The maximum atomic E-state index is 13.4. The second kappa shape index (κ2) is 10.6. The number of benzene rings is 3. The highest BCUT2D eigenvalue weighted by atomic mass is 32.2. The second-order valence-electron chi connectivity index (χ2n) is 8.46. The zero-order valence-electron chi connectivity index (χ0n) is 20.0. The van der Waals surface area contributed by atoms with Gasteiger partial charge in [-0.2, -0.15) is 0 Å². The van der Waals surface area contributed by atoms with Crippen LogP contribution in [0.3, 0.4) is 0 Å². The Labute approximate surface area is 210 Å². The molecule has 0 saturated carbocycles. The summed E-state index contributed by atoms with van der Waals surface area (Å²) in [5.41, 5.74) is 3.75. The molecule has 0 aliphatic rings. The van der Waals surface area contributed by atoms with Gasteiger partial charge in [-0.15, -0.1) is 0 Å². The molecule has 0 aliphatic heterocycles. The Hall–Kier alpha value is -3.23. The van der Waals surface area contributed by atoms with E-state index in [0.29, 0.717) is 17.4 Å². The van der Waals surface area contributed by atoms with Gasteiger partial charge < -0.3 is 4.74 Å². The molecule has 8 heteroatoms. The van der Waals surface area contributed by atoms with Gasteiger partial charge in [0.05, 0.1) is 29.0 Å². The fourth-order valence-electron chi connectivity index (χ4n) is 3.82. The number of nitrogens with zero attached hydrogens (tertiary/aromatic N) is 2. The van der Waals surface area contributed by atoms with Crippen LogP contribution in [0.25, 0.3) is 10.2 Å². The van der Waals surface area contributed by atoms with Gasteiger partial charge in [0.15, 0.2) is 15.0 Å². The molecule has 4 rings (SSSR count). The van der Waals surface area contributed by atoms with Gasteiger partial charge in [0, 0.05) is 6.42 Å². The fraction of sp³-hybridized carbons (Fsp3) is 0.259. The molecule has 0 fully saturated rings. The summed E-state index contributed by atoms with van der Waals surface area (Å²) >= 11 is 1.44. The first kappa shape index (κ1) is 24.9. The average molecular weight is 509 g/mol. The number of carbonyl (C=O) groups excluding carboxylic acids is 1. The Balaban J connectivity index is 1.57. The molecule has 0 radical (unpaired) electrons. The number of ether oxygens (including phenoxy) is 1. The van der Waals surface area contributed by atoms with Gasteiger partial charge in [0.25, 0.3) is 0 Å². The normalized spacial score (nSPS) is 11.5. The van der Waals surface area contributed by atoms with Crippen molar-refractivity contribution in [2.24, 2.45) is 0 Å². The number of aryl methyl sites for hydroxylation is 2. The number of hydrogen-bond donors (Lipinski definition) is 0. The summed E-state index contributed by atoms with van der Waals surface area (Å²) in [5.74, 6) is 0.404. The predicted molar refractivity (Wildman–Crippen MR) is 141 cm³/mol. The molecule has 0 spiro atoms. The first-order valence-electron chi connectivity index (χ1n) is 11.4. The number of sulfone groups is 1. The van der Waals surface area contributed by atoms with E-state index in [9.17, 15) is 13.2 Å². The highest BCUT2D eigenvalue weighted by molar-refractivity contribution is 7.91. The van der Waals surface area contributed by atoms with E-state index < -0.39 is 9.84 Å². The lowest BCUT2D eigenvalue weighted by molar-refractivity contribution is -0.118. The highest BCUT2D eigenvalue weighted by Crippen LogP contribution is 2.37. The molecule has 3 aromatic carbocycles. The molecule has 4 aromatic rings. The van der Waals surface area contributed by atoms with Crippen molar-refractivity contribution in [2.75, 3.05) is 17.8 Å². The Bertz CT molecular complexity index is 1430. The highest BCUT2D eigenvalue weighted by Gasteiger charge is 2.23. The monoisotopic (exact) mass is 508 g/mol. The number of fused-ring (bicyclic) bond motifs is 1. The maximum Gasteiger partial charge on any atom is 0.229 e. The topological polar surface area (TPSA) is 76.6 Å². The smallest absolute Gasteiger partial charge is 0.229 e. The third kappa shape index (κ3) is 5.71. The van der Waals surface area contributed by atoms with Crippen LogP contribution >= 0.6 is 11.3 Å². The second-order valence-corrected chi connectivity index (χ2v) is 11.5. The first-order valence-corrected chi connectivity index (χ1v) is 13.8. The van der Waals surface area contributed by atoms with Gasteiger partial charge in [-0.25, -0.2) is 13.4 Å². The van der Waals surface area contributed by atoms with E-state index >= 15 is 0 Å². The number of amides is 1. The summed E-state index contributed by atoms with van der Waals surface area (Å²) < 4.78 is 31.9. The van der Waals surface area contributed by atoms with E-state index in [0.717, 1.165) is 26.9 Å². The first-order chi connectivity index (χ1) is 16.8. The van der Waals surface area contributed by atoms with Crippen molar-refractivity contribution in [3.63, 3.8) is 0 Å². The van der Waals surface area contributed by atoms with Crippen LogP contribution in [0.15, 0.2) is 71.6 Å². The molecule has 1 aromatic heterocycles. The van der Waals surface area contributed by atoms with Crippen LogP contribution in [0.1, 0.15) is 29.5 Å². The van der Waals surface area contributed by atoms with Crippen LogP contribution < -0.4 is 9.64 Å². The van der Waals surface area contributed by atoms with E-state index in [2.05, 4.69) is 0 Å². The molecular formula is C27H28N2O4S2. The van der Waals surface area contributed by atoms with Crippen LogP contribution in [0.4, 0.5) is 5.13 Å². The third-order valence-corrected chi connectivity index (χ3v) is 8.84. The molecule has 182 valence electrons. The maximum absolute atomic E-state index is 13.4. The molecule has 0 aliphatic carbocycles. The van der Waals surface area contributed by atoms with Gasteiger partial charge in [0.1, 0.15) is 11.3 Å². The van der Waals surface area contributed by atoms with Crippen molar-refractivity contribution >= 4 is 42.4 Å². The molecule has 0 unspecified atom stereocenters. The van der Waals surface area contributed by atoms with Gasteiger partial charge in [-0.3, -0.25) is 9.69 Å². The lowest BCUT2D eigenvalue weighted by atomic mass is 10.2. The molecule has 6 nitrogen and oxygen atoms in total. The number of thiazole rings is 1. The molecule has 0 saturated heterocycles. The minimum Gasteiger partial charge on any atom is -0.494 e. The van der Waals surface area contributed by atoms with Gasteiger partial charge in [-0.1, -0.05) is 65.4 Å². The number of anilines is 1. The summed E-state index contributed by atoms with van der Waals surface area (Å²) in [6.45, 7) is 4.27. The largest absolute Gasteiger partial charge is 0.494 e. The molecule has 1 heterocycles. The van der Waals surface area contributed by atoms with E-state index in [1.54, 1.807) is 36.3 Å². The number of methoxy groups -OCH3 is 1. The third-order valence-electron chi connectivity index (χ3n) is 5.81. The Morgan fingerprint density at radius 1 is 1.00 bits per heavy atom. The van der Waals surface area contributed by atoms with Crippen molar-refractivity contribution in [1.29, 1.82) is 0 Å². The molecule has 0 bridgehead atoms. The molecule has 1 amide bonds. The van der Waals surface area contributed by atoms with E-state index in [1.165, 1.54) is 11.3 Å². The van der Waals surface area contributed by atoms with E-state index in [1.807, 2.05) is 56.3 Å². The van der Waals surface area contributed by atoms with Gasteiger partial charge in [-0.05, 0) is 49.6 Å². The minimum atomic E-state index is -3.46. The van der Waals surface area contributed by atoms with Crippen LogP contribution in [0.5, 0.6) is 5.75 Å². The standard InChI is InChI=1S/C27H28N2O4S2/c1-19-11-14-22(15-12-19)35(31,32)17-7-10-24(30)29(18-21-8-5-4-6-9-21)27-28-25-23(33-3)16-13-20(2)26(25)34-27/h4-6,8-9,11-16H,7,10,17-18H2,1-3H3. The summed E-state index contributed by atoms with van der Waals surface area (Å²) in [6, 6.07) is 20.3. The van der Waals surface area contributed by atoms with Crippen LogP contribution in [0, 0.1) is 13.8 Å². The van der Waals surface area contributed by atoms with Crippen molar-refractivity contribution in [1.82, 2.24) is 4.98 Å². The van der Waals surface area contributed by atoms with Gasteiger partial charge >= 0.3 is 0 Å². The Kier molecular flexibility index (Phi) is 7.52. The molecule has 0 N–H and O–H groups in total. The number of carbonyl (C=O) groups is 1. The zero-order chi connectivity index (χ0) is 25.0. The Morgan fingerprint density at radius 3 is 2.40 bits per heavy atom. The predicted octanol–water partition coefficient (Wildman–Crippen LogP) is 5.71. The van der Waals surface area contributed by atoms with Gasteiger partial charge in [0.2, 0.25) is 5.91 Å². The van der Waals surface area contributed by atoms with E-state index in [-0.39, 0.29) is 29.4 Å². The van der Waals surface area contributed by atoms with Crippen molar-refractivity contribution in [3.05, 3.63) is 83.4 Å². The zero-order valence-corrected chi connectivity index (χ0v) is 21.7. The summed E-state index contributed by atoms with van der Waals surface area (Å²) in [4.78, 5) is 20.1. The molecule has 35 heavy (non-hydrogen) atoms. The van der Waals surface area contributed by atoms with Crippen molar-refractivity contribution < 1.29 is 17.9 Å². The van der Waals surface area contributed by atoms with Crippen LogP contribution in [-0.4, -0.2) is 32.2 Å². The Morgan fingerprint density at radius 2 is 1.71 bits per heavy atom. The average Bonchev–Trinajstić information content (AvgIpc) is 3.30. The summed E-state index contributed by atoms with van der Waals surface area (Å²) in [6.07, 6.45) is 0.331. The number of hydrogen-bond acceptors (Lipinski definition) is 6. The fourth-order valence-corrected chi connectivity index (χ4v) is 6.20. The minimum absolute atomic E-state index is 0.0895. The number of aromatic nitrogens is 1. The SMILES string of the molecule is COc1ccc(C)c2sc(N(Cc3ccccc3)C(=O)CCCS(=O)(=O)c3ccc(C)cc3)nc12. The van der Waals surface area contributed by atoms with Crippen molar-refractivity contribution in [3.8, 4) is 5.75 Å². The molecule has 0 atom stereocenters. The van der Waals surface area contributed by atoms with Crippen LogP contribution in [-0.2, 0) is 21.2 Å². The molecular weight excluding hydrogens is 480 g/mol. The summed E-state index contributed by atoms with van der Waals surface area (Å²) in [5, 5.41) is 0.572. The van der Waals surface area contributed by atoms with E-state index in [4.69, 9.17) is 9.72 Å². The summed E-state index contributed by atoms with van der Waals surface area (Å²) in [7, 11) is -1.86. The lowest BCUT2D eigenvalue weighted by Crippen LogP contribution is -2.30. The lowest BCUT2D eigenvalue weighted by Gasteiger charge is -2.20. The quantitative estimate of drug-likeness (QED) is 0.289. The van der Waals surface area contributed by atoms with Crippen molar-refractivity contribution in [2.45, 2.75) is 38.1 Å². The van der Waals surface area contributed by atoms with Crippen LogP contribution in [0.2, 0.25) is 0 Å². The number of rotatable bonds is 9.